The largest absolute Gasteiger partial charge is 0.390 e. The molecule has 0 radical (unpaired) electrons. The molecule has 6 nitrogen and oxygen atoms in total. The Bertz CT molecular complexity index is 647. The van der Waals surface area contributed by atoms with Crippen LogP contribution in [0.5, 0.6) is 0 Å². The van der Waals surface area contributed by atoms with Gasteiger partial charge in [0, 0.05) is 19.6 Å². The van der Waals surface area contributed by atoms with Crippen LogP contribution in [0.3, 0.4) is 0 Å². The van der Waals surface area contributed by atoms with Crippen LogP contribution in [0, 0.1) is 0 Å². The number of halogens is 4. The molecule has 0 aliphatic carbocycles. The number of hydrogen-bond donors (Lipinski definition) is 3. The van der Waals surface area contributed by atoms with Crippen molar-refractivity contribution in [2.24, 2.45) is 4.99 Å². The van der Waals surface area contributed by atoms with E-state index in [1.54, 1.807) is 6.92 Å². The molecular weight excluding hydrogens is 389 g/mol. The Morgan fingerprint density at radius 1 is 1.29 bits per heavy atom. The molecule has 0 spiro atoms. The quantitative estimate of drug-likeness (QED) is 0.351. The molecule has 0 fully saturated rings. The smallest absolute Gasteiger partial charge is 0.357 e. The van der Waals surface area contributed by atoms with Crippen LogP contribution in [-0.2, 0) is 10.0 Å². The van der Waals surface area contributed by atoms with Crippen molar-refractivity contribution in [2.75, 3.05) is 26.2 Å². The van der Waals surface area contributed by atoms with E-state index in [0.717, 1.165) is 11.3 Å². The van der Waals surface area contributed by atoms with Crippen molar-refractivity contribution in [2.45, 2.75) is 23.7 Å². The van der Waals surface area contributed by atoms with Crippen molar-refractivity contribution >= 4 is 38.9 Å². The first-order chi connectivity index (χ1) is 11.1. The van der Waals surface area contributed by atoms with Gasteiger partial charge in [-0.3, -0.25) is 4.99 Å². The number of thiophene rings is 1. The summed E-state index contributed by atoms with van der Waals surface area (Å²) in [7, 11) is -3.65. The fourth-order valence-electron chi connectivity index (χ4n) is 1.52. The molecule has 0 aliphatic heterocycles. The first-order valence-corrected chi connectivity index (χ1v) is 9.66. The molecule has 0 aliphatic rings. The normalized spacial score (nSPS) is 13.1. The molecule has 1 aromatic heterocycles. The summed E-state index contributed by atoms with van der Waals surface area (Å²) in [5.41, 5.74) is 0. The third-order valence-corrected chi connectivity index (χ3v) is 5.72. The lowest BCUT2D eigenvalue weighted by Gasteiger charge is -2.12. The number of rotatable bonds is 8. The number of nitrogens with one attached hydrogen (secondary N) is 3. The maximum absolute atomic E-state index is 12.1. The number of nitrogens with zero attached hydrogens (tertiary/aromatic N) is 1. The standard InChI is InChI=1S/C12H18ClF3N4O2S2/c1-2-17-11(18-6-5-12(14,15)16)19-7-8-20-24(21,22)10-4-3-9(13)23-10/h3-4,20H,2,5-8H2,1H3,(H2,17,18,19). The average Bonchev–Trinajstić information content (AvgIpc) is 2.89. The Morgan fingerprint density at radius 3 is 2.54 bits per heavy atom. The number of aliphatic imine (C=N–C) groups is 1. The number of alkyl halides is 3. The summed E-state index contributed by atoms with van der Waals surface area (Å²) in [6, 6.07) is 2.88. The van der Waals surface area contributed by atoms with Gasteiger partial charge in [0.15, 0.2) is 5.96 Å². The number of guanidine groups is 1. The summed E-state index contributed by atoms with van der Waals surface area (Å²) in [4.78, 5) is 3.78. The van der Waals surface area contributed by atoms with E-state index >= 15 is 0 Å². The van der Waals surface area contributed by atoms with Crippen LogP contribution in [-0.4, -0.2) is 46.7 Å². The van der Waals surface area contributed by atoms with Gasteiger partial charge in [-0.25, -0.2) is 13.1 Å². The highest BCUT2D eigenvalue weighted by molar-refractivity contribution is 7.91. The highest BCUT2D eigenvalue weighted by Crippen LogP contribution is 2.25. The highest BCUT2D eigenvalue weighted by Gasteiger charge is 2.26. The predicted octanol–water partition coefficient (Wildman–Crippen LogP) is 2.19. The molecule has 12 heteroatoms. The molecule has 0 amide bonds. The summed E-state index contributed by atoms with van der Waals surface area (Å²) in [6.07, 6.45) is -5.28. The molecular formula is C12H18ClF3N4O2S2. The van der Waals surface area contributed by atoms with E-state index in [1.807, 2.05) is 0 Å². The average molecular weight is 407 g/mol. The van der Waals surface area contributed by atoms with Gasteiger partial charge < -0.3 is 10.6 Å². The first kappa shape index (κ1) is 21.0. The third kappa shape index (κ3) is 8.18. The van der Waals surface area contributed by atoms with Crippen LogP contribution in [0.25, 0.3) is 0 Å². The minimum Gasteiger partial charge on any atom is -0.357 e. The van der Waals surface area contributed by atoms with Crippen LogP contribution < -0.4 is 15.4 Å². The van der Waals surface area contributed by atoms with Crippen molar-refractivity contribution in [1.29, 1.82) is 0 Å². The number of hydrogen-bond acceptors (Lipinski definition) is 4. The second-order valence-electron chi connectivity index (χ2n) is 4.51. The van der Waals surface area contributed by atoms with Gasteiger partial charge in [0.2, 0.25) is 10.0 Å². The summed E-state index contributed by atoms with van der Waals surface area (Å²) < 4.78 is 63.0. The Labute approximate surface area is 147 Å². The lowest BCUT2D eigenvalue weighted by Crippen LogP contribution is -2.41. The first-order valence-electron chi connectivity index (χ1n) is 6.98. The Kier molecular flexibility index (Phi) is 8.27. The van der Waals surface area contributed by atoms with Crippen molar-refractivity contribution in [3.63, 3.8) is 0 Å². The maximum Gasteiger partial charge on any atom is 0.390 e. The van der Waals surface area contributed by atoms with E-state index in [1.165, 1.54) is 12.1 Å². The zero-order valence-electron chi connectivity index (χ0n) is 12.8. The lowest BCUT2D eigenvalue weighted by atomic mass is 10.4. The van der Waals surface area contributed by atoms with E-state index in [-0.39, 0.29) is 23.3 Å². The molecule has 24 heavy (non-hydrogen) atoms. The second kappa shape index (κ2) is 9.44. The van der Waals surface area contributed by atoms with Crippen LogP contribution >= 0.6 is 22.9 Å². The maximum atomic E-state index is 12.1. The highest BCUT2D eigenvalue weighted by atomic mass is 35.5. The monoisotopic (exact) mass is 406 g/mol. The van der Waals surface area contributed by atoms with E-state index in [0.29, 0.717) is 10.9 Å². The van der Waals surface area contributed by atoms with Crippen molar-refractivity contribution < 1.29 is 21.6 Å². The lowest BCUT2D eigenvalue weighted by molar-refractivity contribution is -0.132. The van der Waals surface area contributed by atoms with Crippen molar-refractivity contribution in [3.8, 4) is 0 Å². The summed E-state index contributed by atoms with van der Waals surface area (Å²) in [5.74, 6) is 0.195. The Balaban J connectivity index is 2.43. The van der Waals surface area contributed by atoms with E-state index in [9.17, 15) is 21.6 Å². The third-order valence-electron chi connectivity index (χ3n) is 2.53. The predicted molar refractivity (Wildman–Crippen MR) is 89.2 cm³/mol. The van der Waals surface area contributed by atoms with Gasteiger partial charge in [-0.2, -0.15) is 13.2 Å². The topological polar surface area (TPSA) is 82.6 Å². The van der Waals surface area contributed by atoms with Gasteiger partial charge in [-0.1, -0.05) is 11.6 Å². The molecule has 0 saturated heterocycles. The van der Waals surface area contributed by atoms with Crippen LogP contribution in [0.2, 0.25) is 4.34 Å². The molecule has 0 atom stereocenters. The van der Waals surface area contributed by atoms with E-state index in [4.69, 9.17) is 11.6 Å². The van der Waals surface area contributed by atoms with Crippen LogP contribution in [0.4, 0.5) is 13.2 Å². The van der Waals surface area contributed by atoms with Crippen LogP contribution in [0.15, 0.2) is 21.3 Å². The molecule has 1 rings (SSSR count). The minimum atomic E-state index is -4.27. The molecule has 1 aromatic rings. The van der Waals surface area contributed by atoms with Crippen molar-refractivity contribution in [3.05, 3.63) is 16.5 Å². The van der Waals surface area contributed by atoms with Gasteiger partial charge >= 0.3 is 6.18 Å². The summed E-state index contributed by atoms with van der Waals surface area (Å²) in [5, 5.41) is 5.54. The number of sulfonamides is 1. The Morgan fingerprint density at radius 2 is 2.00 bits per heavy atom. The van der Waals surface area contributed by atoms with Gasteiger partial charge in [0.1, 0.15) is 4.21 Å². The van der Waals surface area contributed by atoms with Gasteiger partial charge in [0.25, 0.3) is 0 Å². The molecule has 0 unspecified atom stereocenters. The SMILES string of the molecule is CCNC(=NCCC(F)(F)F)NCCNS(=O)(=O)c1ccc(Cl)s1. The fraction of sp³-hybridized carbons (Fsp3) is 0.583. The molecule has 1 heterocycles. The van der Waals surface area contributed by atoms with Crippen molar-refractivity contribution in [1.82, 2.24) is 15.4 Å². The molecule has 138 valence electrons. The molecule has 0 bridgehead atoms. The zero-order chi connectivity index (χ0) is 18.2. The van der Waals surface area contributed by atoms with E-state index < -0.39 is 29.2 Å². The zero-order valence-corrected chi connectivity index (χ0v) is 15.2. The van der Waals surface area contributed by atoms with Gasteiger partial charge in [-0.05, 0) is 19.1 Å². The molecule has 3 N–H and O–H groups in total. The minimum absolute atomic E-state index is 0.0432. The van der Waals surface area contributed by atoms with Crippen LogP contribution in [0.1, 0.15) is 13.3 Å². The summed E-state index contributed by atoms with van der Waals surface area (Å²) >= 11 is 6.63. The summed E-state index contributed by atoms with van der Waals surface area (Å²) in [6.45, 7) is 2.04. The van der Waals surface area contributed by atoms with Gasteiger partial charge in [-0.15, -0.1) is 11.3 Å². The fourth-order valence-corrected chi connectivity index (χ4v) is 4.07. The van der Waals surface area contributed by atoms with E-state index in [2.05, 4.69) is 20.3 Å². The Hall–Kier alpha value is -1.04. The molecule has 0 saturated carbocycles. The molecule has 0 aromatic carbocycles. The second-order valence-corrected chi connectivity index (χ2v) is 8.22. The van der Waals surface area contributed by atoms with Gasteiger partial charge in [0.05, 0.1) is 17.3 Å².